The minimum atomic E-state index is -4.23. The van der Waals surface area contributed by atoms with Crippen molar-refractivity contribution in [3.63, 3.8) is 0 Å². The summed E-state index contributed by atoms with van der Waals surface area (Å²) in [5.41, 5.74) is 1.04. The largest absolute Gasteiger partial charge is 0.451 e. The van der Waals surface area contributed by atoms with E-state index in [1.54, 1.807) is 26.1 Å². The van der Waals surface area contributed by atoms with Crippen LogP contribution in [-0.4, -0.2) is 39.4 Å². The van der Waals surface area contributed by atoms with Crippen molar-refractivity contribution in [3.8, 4) is 0 Å². The summed E-state index contributed by atoms with van der Waals surface area (Å²) in [4.78, 5) is 17.0. The number of nitrogens with zero attached hydrogens (tertiary/aromatic N) is 3. The number of aryl methyl sites for hydroxylation is 2. The molecule has 0 atom stereocenters. The minimum absolute atomic E-state index is 0.000919. The maximum absolute atomic E-state index is 15.1. The SMILES string of the molecule is Cc1c(Nc2c(F)ccc(N(COCC[Si](C)(C)C)S(=O)(=O)c3ccco3)c2Cl)ccc2ncn(C)c(=O)c12. The van der Waals surface area contributed by atoms with E-state index in [1.165, 1.54) is 35.4 Å². The first-order chi connectivity index (χ1) is 18.3. The normalized spacial score (nSPS) is 12.2. The van der Waals surface area contributed by atoms with Gasteiger partial charge in [-0.15, -0.1) is 0 Å². The summed E-state index contributed by atoms with van der Waals surface area (Å²) in [7, 11) is -4.08. The van der Waals surface area contributed by atoms with Crippen LogP contribution in [0.2, 0.25) is 30.7 Å². The maximum atomic E-state index is 15.1. The maximum Gasteiger partial charge on any atom is 0.299 e. The molecule has 0 saturated carbocycles. The number of ether oxygens (including phenoxy) is 1. The molecule has 0 unspecified atom stereocenters. The van der Waals surface area contributed by atoms with E-state index in [-0.39, 0.29) is 33.8 Å². The molecule has 0 bridgehead atoms. The molecule has 0 amide bonds. The number of aromatic nitrogens is 2. The molecule has 4 aromatic rings. The van der Waals surface area contributed by atoms with Gasteiger partial charge in [0.15, 0.2) is 0 Å². The van der Waals surface area contributed by atoms with E-state index in [4.69, 9.17) is 20.8 Å². The molecule has 0 spiro atoms. The fourth-order valence-electron chi connectivity index (χ4n) is 3.88. The van der Waals surface area contributed by atoms with Crippen molar-refractivity contribution in [2.24, 2.45) is 7.05 Å². The monoisotopic (exact) mass is 592 g/mol. The fraction of sp³-hybridized carbons (Fsp3) is 0.308. The lowest BCUT2D eigenvalue weighted by Gasteiger charge is -2.26. The molecular formula is C26H30ClFN4O5SSi. The van der Waals surface area contributed by atoms with Crippen molar-refractivity contribution in [2.45, 2.75) is 37.7 Å². The van der Waals surface area contributed by atoms with Gasteiger partial charge in [-0.1, -0.05) is 31.2 Å². The van der Waals surface area contributed by atoms with Gasteiger partial charge in [-0.05, 0) is 54.9 Å². The lowest BCUT2D eigenvalue weighted by molar-refractivity contribution is 0.156. The van der Waals surface area contributed by atoms with Crippen LogP contribution in [0.1, 0.15) is 5.56 Å². The number of sulfonamides is 1. The third-order valence-electron chi connectivity index (χ3n) is 6.19. The van der Waals surface area contributed by atoms with E-state index < -0.39 is 23.9 Å². The van der Waals surface area contributed by atoms with Gasteiger partial charge in [0.1, 0.15) is 12.5 Å². The van der Waals surface area contributed by atoms with Gasteiger partial charge in [0.25, 0.3) is 15.6 Å². The molecule has 2 aromatic carbocycles. The van der Waals surface area contributed by atoms with Crippen LogP contribution in [-0.2, 0) is 21.8 Å². The van der Waals surface area contributed by atoms with Crippen molar-refractivity contribution >= 4 is 57.7 Å². The summed E-state index contributed by atoms with van der Waals surface area (Å²) in [5.74, 6) is -0.711. The van der Waals surface area contributed by atoms with Crippen LogP contribution in [0.4, 0.5) is 21.5 Å². The molecule has 4 rings (SSSR count). The summed E-state index contributed by atoms with van der Waals surface area (Å²) in [6.07, 6.45) is 2.68. The van der Waals surface area contributed by atoms with Gasteiger partial charge in [-0.2, -0.15) is 8.42 Å². The van der Waals surface area contributed by atoms with Gasteiger partial charge in [0, 0.05) is 27.4 Å². The number of hydrogen-bond acceptors (Lipinski definition) is 7. The quantitative estimate of drug-likeness (QED) is 0.139. The summed E-state index contributed by atoms with van der Waals surface area (Å²) < 4.78 is 55.4. The molecule has 0 aliphatic heterocycles. The summed E-state index contributed by atoms with van der Waals surface area (Å²) in [6, 6.07) is 9.28. The molecule has 0 aliphatic rings. The molecular weight excluding hydrogens is 563 g/mol. The zero-order valence-electron chi connectivity index (χ0n) is 22.3. The van der Waals surface area contributed by atoms with Crippen LogP contribution in [0.15, 0.2) is 63.3 Å². The topological polar surface area (TPSA) is 107 Å². The van der Waals surface area contributed by atoms with E-state index in [0.29, 0.717) is 28.8 Å². The van der Waals surface area contributed by atoms with Crippen LogP contribution in [0, 0.1) is 12.7 Å². The first-order valence-corrected chi connectivity index (χ1v) is 17.7. The predicted molar refractivity (Wildman–Crippen MR) is 154 cm³/mol. The average Bonchev–Trinajstić information content (AvgIpc) is 3.41. The third-order valence-corrected chi connectivity index (χ3v) is 9.90. The van der Waals surface area contributed by atoms with Crippen molar-refractivity contribution in [2.75, 3.05) is 23.0 Å². The third kappa shape index (κ3) is 6.03. The van der Waals surface area contributed by atoms with E-state index in [1.807, 2.05) is 0 Å². The molecule has 208 valence electrons. The van der Waals surface area contributed by atoms with Crippen LogP contribution in [0.3, 0.4) is 0 Å². The Hall–Kier alpha value is -3.19. The van der Waals surface area contributed by atoms with Gasteiger partial charge in [0.05, 0.1) is 39.9 Å². The minimum Gasteiger partial charge on any atom is -0.451 e. The highest BCUT2D eigenvalue weighted by Crippen LogP contribution is 2.39. The van der Waals surface area contributed by atoms with Gasteiger partial charge in [-0.3, -0.25) is 4.79 Å². The number of benzene rings is 2. The zero-order chi connectivity index (χ0) is 28.5. The molecule has 2 aromatic heterocycles. The molecule has 0 aliphatic carbocycles. The Bertz CT molecular complexity index is 1670. The second-order valence-electron chi connectivity index (χ2n) is 10.3. The smallest absolute Gasteiger partial charge is 0.299 e. The van der Waals surface area contributed by atoms with Gasteiger partial charge in [-0.25, -0.2) is 13.7 Å². The number of rotatable bonds is 10. The van der Waals surface area contributed by atoms with Crippen molar-refractivity contribution < 1.29 is 22.0 Å². The predicted octanol–water partition coefficient (Wildman–Crippen LogP) is 5.88. The van der Waals surface area contributed by atoms with Gasteiger partial charge >= 0.3 is 0 Å². The molecule has 0 saturated heterocycles. The Labute approximate surface area is 232 Å². The Balaban J connectivity index is 1.76. The van der Waals surface area contributed by atoms with Crippen LogP contribution in [0.5, 0.6) is 0 Å². The summed E-state index contributed by atoms with van der Waals surface area (Å²) >= 11 is 6.67. The second kappa shape index (κ2) is 11.1. The number of nitrogens with one attached hydrogen (secondary N) is 1. The average molecular weight is 593 g/mol. The van der Waals surface area contributed by atoms with E-state index in [9.17, 15) is 13.2 Å². The fourth-order valence-corrected chi connectivity index (χ4v) is 6.26. The van der Waals surface area contributed by atoms with Crippen LogP contribution >= 0.6 is 11.6 Å². The lowest BCUT2D eigenvalue weighted by atomic mass is 10.1. The highest BCUT2D eigenvalue weighted by Gasteiger charge is 2.31. The summed E-state index contributed by atoms with van der Waals surface area (Å²) in [6.45, 7) is 8.26. The zero-order valence-corrected chi connectivity index (χ0v) is 24.9. The molecule has 0 fully saturated rings. The highest BCUT2D eigenvalue weighted by molar-refractivity contribution is 7.92. The van der Waals surface area contributed by atoms with E-state index in [0.717, 1.165) is 16.4 Å². The van der Waals surface area contributed by atoms with Crippen LogP contribution in [0.25, 0.3) is 10.9 Å². The number of furan rings is 1. The van der Waals surface area contributed by atoms with Crippen molar-refractivity contribution in [3.05, 3.63) is 75.7 Å². The molecule has 0 radical (unpaired) electrons. The Morgan fingerprint density at radius 3 is 2.62 bits per heavy atom. The van der Waals surface area contributed by atoms with E-state index >= 15 is 4.39 Å². The lowest BCUT2D eigenvalue weighted by Crippen LogP contribution is -2.34. The standard InChI is InChI=1S/C26H30ClFN4O5SSi/c1-17-19(9-10-20-23(17)26(33)31(2)15-29-20)30-25-18(28)8-11-21(24(25)27)32(16-36-13-14-39(3,4)5)38(34,35)22-7-6-12-37-22/h6-12,15,30H,13-14,16H2,1-5H3. The Kier molecular flexibility index (Phi) is 8.21. The molecule has 39 heavy (non-hydrogen) atoms. The van der Waals surface area contributed by atoms with Gasteiger partial charge in [0.2, 0.25) is 5.09 Å². The Morgan fingerprint density at radius 1 is 1.21 bits per heavy atom. The molecule has 13 heteroatoms. The number of fused-ring (bicyclic) bond motifs is 1. The van der Waals surface area contributed by atoms with Crippen molar-refractivity contribution in [1.29, 1.82) is 0 Å². The van der Waals surface area contributed by atoms with E-state index in [2.05, 4.69) is 29.9 Å². The number of hydrogen-bond donors (Lipinski definition) is 1. The summed E-state index contributed by atoms with van der Waals surface area (Å²) in [5, 5.41) is 2.84. The number of anilines is 3. The second-order valence-corrected chi connectivity index (χ2v) is 18.1. The molecule has 9 nitrogen and oxygen atoms in total. The molecule has 1 N–H and O–H groups in total. The van der Waals surface area contributed by atoms with Crippen molar-refractivity contribution in [1.82, 2.24) is 9.55 Å². The first kappa shape index (κ1) is 28.8. The van der Waals surface area contributed by atoms with Crippen LogP contribution < -0.4 is 15.2 Å². The number of halogens is 2. The first-order valence-electron chi connectivity index (χ1n) is 12.2. The van der Waals surface area contributed by atoms with Gasteiger partial charge < -0.3 is 19.0 Å². The highest BCUT2D eigenvalue weighted by atomic mass is 35.5. The molecule has 2 heterocycles. The Morgan fingerprint density at radius 2 is 1.95 bits per heavy atom.